The first-order valence-corrected chi connectivity index (χ1v) is 14.6. The van der Waals surface area contributed by atoms with Gasteiger partial charge in [0.1, 0.15) is 0 Å². The topological polar surface area (TPSA) is 88.2 Å². The highest BCUT2D eigenvalue weighted by molar-refractivity contribution is 7.89. The van der Waals surface area contributed by atoms with Gasteiger partial charge < -0.3 is 14.8 Å². The summed E-state index contributed by atoms with van der Waals surface area (Å²) >= 11 is 6.08. The SMILES string of the molecule is CC1(C)CC2(CCN(CC(=O)Nc3ccc4c(c3)OCCCO4)CC2)CN1S(=O)(=O)c1cccc(Cl)c1. The first kappa shape index (κ1) is 26.3. The molecule has 0 saturated carbocycles. The molecule has 3 aliphatic rings. The number of amides is 1. The van der Waals surface area contributed by atoms with Crippen LogP contribution in [0.2, 0.25) is 5.02 Å². The number of piperidine rings is 1. The molecule has 0 radical (unpaired) electrons. The molecule has 10 heteroatoms. The summed E-state index contributed by atoms with van der Waals surface area (Å²) < 4.78 is 40.0. The predicted octanol–water partition coefficient (Wildman–Crippen LogP) is 4.40. The number of anilines is 1. The van der Waals surface area contributed by atoms with E-state index in [1.54, 1.807) is 28.6 Å². The van der Waals surface area contributed by atoms with Crippen molar-refractivity contribution in [2.45, 2.75) is 50.0 Å². The maximum absolute atomic E-state index is 13.5. The van der Waals surface area contributed by atoms with Crippen molar-refractivity contribution in [3.8, 4) is 11.5 Å². The van der Waals surface area contributed by atoms with Crippen LogP contribution in [0, 0.1) is 5.41 Å². The largest absolute Gasteiger partial charge is 0.490 e. The predicted molar refractivity (Wildman–Crippen MR) is 143 cm³/mol. The van der Waals surface area contributed by atoms with Gasteiger partial charge in [0.25, 0.3) is 0 Å². The molecule has 2 saturated heterocycles. The number of carbonyl (C=O) groups excluding carboxylic acids is 1. The highest BCUT2D eigenvalue weighted by Crippen LogP contribution is 2.50. The van der Waals surface area contributed by atoms with Gasteiger partial charge in [0, 0.05) is 35.3 Å². The molecule has 0 atom stereocenters. The lowest BCUT2D eigenvalue weighted by Crippen LogP contribution is -2.45. The molecule has 2 aromatic rings. The molecular weight excluding hydrogens is 514 g/mol. The number of ether oxygens (including phenoxy) is 2. The van der Waals surface area contributed by atoms with Crippen LogP contribution in [0.15, 0.2) is 47.4 Å². The maximum atomic E-state index is 13.5. The molecule has 0 unspecified atom stereocenters. The van der Waals surface area contributed by atoms with Crippen molar-refractivity contribution in [2.24, 2.45) is 5.41 Å². The third-order valence-corrected chi connectivity index (χ3v) is 9.95. The standard InChI is InChI=1S/C27H34ClN3O5S/c1-26(2)18-27(19-31(26)37(33,34)22-6-3-5-20(28)15-22)9-11-30(12-10-27)17-25(32)29-21-7-8-23-24(16-21)36-14-4-13-35-23/h3,5-8,15-16H,4,9-14,17-19H2,1-2H3,(H,29,32). The number of halogens is 1. The Morgan fingerprint density at radius 3 is 2.51 bits per heavy atom. The van der Waals surface area contributed by atoms with Crippen LogP contribution >= 0.6 is 11.6 Å². The highest BCUT2D eigenvalue weighted by Gasteiger charge is 2.53. The van der Waals surface area contributed by atoms with Crippen LogP contribution in [0.5, 0.6) is 11.5 Å². The average molecular weight is 548 g/mol. The molecule has 1 N–H and O–H groups in total. The average Bonchev–Trinajstić information content (AvgIpc) is 2.97. The van der Waals surface area contributed by atoms with Gasteiger partial charge in [0.2, 0.25) is 15.9 Å². The summed E-state index contributed by atoms with van der Waals surface area (Å²) in [5.41, 5.74) is 0.0796. The molecule has 200 valence electrons. The first-order valence-electron chi connectivity index (χ1n) is 12.8. The lowest BCUT2D eigenvalue weighted by atomic mass is 9.74. The van der Waals surface area contributed by atoms with Crippen LogP contribution < -0.4 is 14.8 Å². The number of nitrogens with zero attached hydrogens (tertiary/aromatic N) is 2. The molecule has 3 aliphatic heterocycles. The van der Waals surface area contributed by atoms with Crippen LogP contribution in [0.1, 0.15) is 39.5 Å². The van der Waals surface area contributed by atoms with E-state index in [1.165, 1.54) is 6.07 Å². The summed E-state index contributed by atoms with van der Waals surface area (Å²) in [4.78, 5) is 15.2. The Balaban J connectivity index is 1.19. The van der Waals surface area contributed by atoms with Crippen LogP contribution in [0.25, 0.3) is 0 Å². The number of hydrogen-bond donors (Lipinski definition) is 1. The van der Waals surface area contributed by atoms with Crippen molar-refractivity contribution in [3.05, 3.63) is 47.5 Å². The van der Waals surface area contributed by atoms with Crippen LogP contribution in [0.4, 0.5) is 5.69 Å². The fraction of sp³-hybridized carbons (Fsp3) is 0.519. The molecular formula is C27H34ClN3O5S. The van der Waals surface area contributed by atoms with Gasteiger partial charge >= 0.3 is 0 Å². The maximum Gasteiger partial charge on any atom is 0.243 e. The van der Waals surface area contributed by atoms with Crippen molar-refractivity contribution < 1.29 is 22.7 Å². The van der Waals surface area contributed by atoms with Gasteiger partial charge in [0.05, 0.1) is 24.7 Å². The number of benzene rings is 2. The van der Waals surface area contributed by atoms with Gasteiger partial charge in [-0.3, -0.25) is 9.69 Å². The van der Waals surface area contributed by atoms with Crippen molar-refractivity contribution in [1.29, 1.82) is 0 Å². The van der Waals surface area contributed by atoms with Gasteiger partial charge in [-0.25, -0.2) is 8.42 Å². The fourth-order valence-corrected chi connectivity index (χ4v) is 8.11. The summed E-state index contributed by atoms with van der Waals surface area (Å²) in [7, 11) is -3.67. The third kappa shape index (κ3) is 5.60. The Morgan fingerprint density at radius 1 is 1.05 bits per heavy atom. The van der Waals surface area contributed by atoms with E-state index in [1.807, 2.05) is 26.0 Å². The lowest BCUT2D eigenvalue weighted by Gasteiger charge is -2.39. The normalized spacial score (nSPS) is 21.5. The van der Waals surface area contributed by atoms with E-state index in [-0.39, 0.29) is 16.2 Å². The second-order valence-electron chi connectivity index (χ2n) is 11.0. The Bertz CT molecular complexity index is 1270. The zero-order valence-corrected chi connectivity index (χ0v) is 22.9. The second kappa shape index (κ2) is 10.1. The van der Waals surface area contributed by atoms with Crippen LogP contribution in [-0.4, -0.2) is 68.5 Å². The Morgan fingerprint density at radius 2 is 1.78 bits per heavy atom. The monoisotopic (exact) mass is 547 g/mol. The molecule has 2 aromatic carbocycles. The number of carbonyl (C=O) groups is 1. The number of nitrogens with one attached hydrogen (secondary N) is 1. The number of sulfonamides is 1. The Kier molecular flexibility index (Phi) is 7.17. The zero-order chi connectivity index (χ0) is 26.3. The van der Waals surface area contributed by atoms with Crippen LogP contribution in [0.3, 0.4) is 0 Å². The molecule has 1 spiro atoms. The highest BCUT2D eigenvalue weighted by atomic mass is 35.5. The molecule has 0 aromatic heterocycles. The van der Waals surface area contributed by atoms with Gasteiger partial charge in [0.15, 0.2) is 11.5 Å². The third-order valence-electron chi connectivity index (χ3n) is 7.66. The first-order chi connectivity index (χ1) is 17.6. The van der Waals surface area contributed by atoms with Gasteiger partial charge in [-0.05, 0) is 81.9 Å². The summed E-state index contributed by atoms with van der Waals surface area (Å²) in [6.45, 7) is 7.47. The van der Waals surface area contributed by atoms with Gasteiger partial charge in [-0.2, -0.15) is 4.31 Å². The molecule has 2 fully saturated rings. The van der Waals surface area contributed by atoms with E-state index >= 15 is 0 Å². The molecule has 0 aliphatic carbocycles. The van der Waals surface area contributed by atoms with E-state index in [0.29, 0.717) is 48.5 Å². The van der Waals surface area contributed by atoms with Gasteiger partial charge in [-0.15, -0.1) is 0 Å². The molecule has 1 amide bonds. The van der Waals surface area contributed by atoms with Crippen molar-refractivity contribution in [1.82, 2.24) is 9.21 Å². The van der Waals surface area contributed by atoms with Crippen molar-refractivity contribution in [3.63, 3.8) is 0 Å². The van der Waals surface area contributed by atoms with E-state index in [0.717, 1.165) is 38.8 Å². The number of rotatable bonds is 5. The minimum atomic E-state index is -3.67. The van der Waals surface area contributed by atoms with E-state index < -0.39 is 15.6 Å². The molecule has 3 heterocycles. The summed E-state index contributed by atoms with van der Waals surface area (Å²) in [6.07, 6.45) is 3.30. The van der Waals surface area contributed by atoms with Crippen LogP contribution in [-0.2, 0) is 14.8 Å². The van der Waals surface area contributed by atoms with Gasteiger partial charge in [-0.1, -0.05) is 17.7 Å². The smallest absolute Gasteiger partial charge is 0.243 e. The fourth-order valence-electron chi connectivity index (χ4n) is 5.91. The number of fused-ring (bicyclic) bond motifs is 1. The molecule has 37 heavy (non-hydrogen) atoms. The number of likely N-dealkylation sites (tertiary alicyclic amines) is 1. The molecule has 8 nitrogen and oxygen atoms in total. The minimum Gasteiger partial charge on any atom is -0.490 e. The van der Waals surface area contributed by atoms with E-state index in [4.69, 9.17) is 21.1 Å². The Hall–Kier alpha value is -2.33. The Labute approximate surface area is 223 Å². The summed E-state index contributed by atoms with van der Waals surface area (Å²) in [5, 5.41) is 3.38. The minimum absolute atomic E-state index is 0.0812. The molecule has 0 bridgehead atoms. The quantitative estimate of drug-likeness (QED) is 0.597. The van der Waals surface area contributed by atoms with E-state index in [9.17, 15) is 13.2 Å². The van der Waals surface area contributed by atoms with Crippen molar-refractivity contribution in [2.75, 3.05) is 44.7 Å². The number of hydrogen-bond acceptors (Lipinski definition) is 6. The zero-order valence-electron chi connectivity index (χ0n) is 21.3. The lowest BCUT2D eigenvalue weighted by molar-refractivity contribution is -0.117. The molecule has 5 rings (SSSR count). The summed E-state index contributed by atoms with van der Waals surface area (Å²) in [5.74, 6) is 1.27. The van der Waals surface area contributed by atoms with Crippen molar-refractivity contribution >= 4 is 33.2 Å². The van der Waals surface area contributed by atoms with E-state index in [2.05, 4.69) is 10.2 Å². The summed E-state index contributed by atoms with van der Waals surface area (Å²) in [6, 6.07) is 11.9. The second-order valence-corrected chi connectivity index (χ2v) is 13.3.